The Kier molecular flexibility index (Phi) is 5.46. The van der Waals surface area contributed by atoms with Gasteiger partial charge in [0.05, 0.1) is 25.7 Å². The molecule has 100 valence electrons. The van der Waals surface area contributed by atoms with E-state index in [1.807, 2.05) is 0 Å². The van der Waals surface area contributed by atoms with Crippen molar-refractivity contribution in [3.05, 3.63) is 21.8 Å². The van der Waals surface area contributed by atoms with Gasteiger partial charge in [0.2, 0.25) is 5.88 Å². The average Bonchev–Trinajstić information content (AvgIpc) is 2.27. The summed E-state index contributed by atoms with van der Waals surface area (Å²) < 4.78 is 35.4. The molecule has 0 N–H and O–H groups in total. The van der Waals surface area contributed by atoms with Crippen molar-refractivity contribution in [3.63, 3.8) is 0 Å². The molecule has 1 aromatic heterocycles. The van der Waals surface area contributed by atoms with Gasteiger partial charge in [-0.3, -0.25) is 4.79 Å². The van der Waals surface area contributed by atoms with Crippen LogP contribution >= 0.6 is 15.9 Å². The van der Waals surface area contributed by atoms with Crippen molar-refractivity contribution in [2.45, 2.75) is 19.8 Å². The Balaban J connectivity index is 3.13. The summed E-state index contributed by atoms with van der Waals surface area (Å²) >= 11 is 2.95. The van der Waals surface area contributed by atoms with Gasteiger partial charge in [0.25, 0.3) is 6.43 Å². The van der Waals surface area contributed by atoms with Crippen LogP contribution in [0.25, 0.3) is 0 Å². The fourth-order valence-electron chi connectivity index (χ4n) is 1.40. The second-order valence-corrected chi connectivity index (χ2v) is 4.06. The van der Waals surface area contributed by atoms with Crippen molar-refractivity contribution in [2.24, 2.45) is 0 Å². The number of nitrogens with zero attached hydrogens (tertiary/aromatic N) is 1. The Bertz CT molecular complexity index is 441. The van der Waals surface area contributed by atoms with Gasteiger partial charge in [-0.2, -0.15) is 0 Å². The van der Waals surface area contributed by atoms with Gasteiger partial charge in [0.1, 0.15) is 4.60 Å². The van der Waals surface area contributed by atoms with E-state index < -0.39 is 12.4 Å². The minimum Gasteiger partial charge on any atom is -0.481 e. The quantitative estimate of drug-likeness (QED) is 0.617. The summed E-state index contributed by atoms with van der Waals surface area (Å²) in [5.74, 6) is -0.412. The van der Waals surface area contributed by atoms with Crippen molar-refractivity contribution in [3.8, 4) is 5.88 Å². The molecule has 1 heterocycles. The highest BCUT2D eigenvalue weighted by molar-refractivity contribution is 9.10. The first kappa shape index (κ1) is 14.8. The molecule has 18 heavy (non-hydrogen) atoms. The predicted molar refractivity (Wildman–Crippen MR) is 63.8 cm³/mol. The number of alkyl halides is 2. The van der Waals surface area contributed by atoms with Crippen LogP contribution in [0.3, 0.4) is 0 Å². The second kappa shape index (κ2) is 6.63. The van der Waals surface area contributed by atoms with E-state index in [0.717, 1.165) is 0 Å². The molecule has 0 saturated heterocycles. The number of carbonyl (C=O) groups is 1. The fraction of sp³-hybridized carbons (Fsp3) is 0.455. The topological polar surface area (TPSA) is 48.4 Å². The van der Waals surface area contributed by atoms with E-state index in [9.17, 15) is 13.6 Å². The zero-order valence-corrected chi connectivity index (χ0v) is 11.5. The number of ether oxygens (including phenoxy) is 2. The van der Waals surface area contributed by atoms with Gasteiger partial charge in [0, 0.05) is 6.07 Å². The van der Waals surface area contributed by atoms with Crippen LogP contribution in [0.5, 0.6) is 5.88 Å². The first-order valence-corrected chi connectivity index (χ1v) is 5.96. The molecule has 0 aromatic carbocycles. The number of esters is 1. The number of rotatable bonds is 5. The highest BCUT2D eigenvalue weighted by Crippen LogP contribution is 2.32. The summed E-state index contributed by atoms with van der Waals surface area (Å²) in [5, 5.41) is 0. The van der Waals surface area contributed by atoms with E-state index in [0.29, 0.717) is 0 Å². The van der Waals surface area contributed by atoms with Crippen LogP contribution in [0.4, 0.5) is 8.78 Å². The van der Waals surface area contributed by atoms with Crippen LogP contribution < -0.4 is 4.74 Å². The summed E-state index contributed by atoms with van der Waals surface area (Å²) in [6, 6.07) is 1.31. The zero-order valence-electron chi connectivity index (χ0n) is 9.87. The molecular formula is C11H12BrF2NO3. The second-order valence-electron chi connectivity index (χ2n) is 3.31. The van der Waals surface area contributed by atoms with Crippen LogP contribution in [-0.2, 0) is 16.0 Å². The van der Waals surface area contributed by atoms with Crippen molar-refractivity contribution < 1.29 is 23.0 Å². The standard InChI is InChI=1S/C11H12BrF2NO3/c1-3-18-8(16)5-6-4-7(17-2)15-10(12)9(6)11(13)14/h4,11H,3,5H2,1-2H3. The Morgan fingerprint density at radius 3 is 2.72 bits per heavy atom. The van der Waals surface area contributed by atoms with Gasteiger partial charge in [-0.05, 0) is 28.4 Å². The van der Waals surface area contributed by atoms with Crippen molar-refractivity contribution in [1.82, 2.24) is 4.98 Å². The largest absolute Gasteiger partial charge is 0.481 e. The number of methoxy groups -OCH3 is 1. The molecule has 1 aromatic rings. The van der Waals surface area contributed by atoms with Crippen LogP contribution in [0.15, 0.2) is 10.7 Å². The predicted octanol–water partition coefficient (Wildman–Crippen LogP) is 2.90. The minimum absolute atomic E-state index is 0.0313. The van der Waals surface area contributed by atoms with Crippen LogP contribution in [-0.4, -0.2) is 24.7 Å². The summed E-state index contributed by atoms with van der Waals surface area (Å²) in [5.41, 5.74) is -0.175. The summed E-state index contributed by atoms with van der Waals surface area (Å²) in [6.07, 6.45) is -2.98. The van der Waals surface area contributed by atoms with E-state index in [2.05, 4.69) is 20.9 Å². The van der Waals surface area contributed by atoms with Gasteiger partial charge in [-0.15, -0.1) is 0 Å². The molecule has 0 aliphatic carbocycles. The minimum atomic E-state index is -2.73. The van der Waals surface area contributed by atoms with Gasteiger partial charge in [-0.25, -0.2) is 13.8 Å². The number of aromatic nitrogens is 1. The molecular weight excluding hydrogens is 312 g/mol. The molecule has 0 spiro atoms. The lowest BCUT2D eigenvalue weighted by Gasteiger charge is -2.11. The third-order valence-electron chi connectivity index (χ3n) is 2.14. The molecule has 1 rings (SSSR count). The Morgan fingerprint density at radius 2 is 2.22 bits per heavy atom. The van der Waals surface area contributed by atoms with E-state index in [1.54, 1.807) is 6.92 Å². The Hall–Kier alpha value is -1.24. The number of halogens is 3. The van der Waals surface area contributed by atoms with Crippen molar-refractivity contribution >= 4 is 21.9 Å². The maximum absolute atomic E-state index is 12.9. The summed E-state index contributed by atoms with van der Waals surface area (Å²) in [7, 11) is 1.37. The average molecular weight is 324 g/mol. The first-order chi connectivity index (χ1) is 8.49. The number of pyridine rings is 1. The van der Waals surface area contributed by atoms with Crippen LogP contribution in [0, 0.1) is 0 Å². The summed E-state index contributed by atoms with van der Waals surface area (Å²) in [4.78, 5) is 15.1. The normalized spacial score (nSPS) is 10.6. The lowest BCUT2D eigenvalue weighted by atomic mass is 10.1. The first-order valence-electron chi connectivity index (χ1n) is 5.16. The Morgan fingerprint density at radius 1 is 1.56 bits per heavy atom. The lowest BCUT2D eigenvalue weighted by molar-refractivity contribution is -0.142. The fourth-order valence-corrected chi connectivity index (χ4v) is 2.00. The van der Waals surface area contributed by atoms with Crippen molar-refractivity contribution in [2.75, 3.05) is 13.7 Å². The molecule has 0 unspecified atom stereocenters. The highest BCUT2D eigenvalue weighted by atomic mass is 79.9. The lowest BCUT2D eigenvalue weighted by Crippen LogP contribution is -2.11. The highest BCUT2D eigenvalue weighted by Gasteiger charge is 2.21. The third-order valence-corrected chi connectivity index (χ3v) is 2.75. The van der Waals surface area contributed by atoms with Crippen LogP contribution in [0.2, 0.25) is 0 Å². The van der Waals surface area contributed by atoms with Gasteiger partial charge >= 0.3 is 5.97 Å². The maximum Gasteiger partial charge on any atom is 0.310 e. The molecule has 0 aliphatic heterocycles. The molecule has 4 nitrogen and oxygen atoms in total. The Labute approximate surface area is 111 Å². The monoisotopic (exact) mass is 323 g/mol. The van der Waals surface area contributed by atoms with Crippen LogP contribution in [0.1, 0.15) is 24.5 Å². The van der Waals surface area contributed by atoms with E-state index >= 15 is 0 Å². The van der Waals surface area contributed by atoms with E-state index in [-0.39, 0.29) is 34.6 Å². The van der Waals surface area contributed by atoms with E-state index in [1.165, 1.54) is 13.2 Å². The number of hydrogen-bond acceptors (Lipinski definition) is 4. The smallest absolute Gasteiger partial charge is 0.310 e. The molecule has 0 aliphatic rings. The maximum atomic E-state index is 12.9. The van der Waals surface area contributed by atoms with Gasteiger partial charge < -0.3 is 9.47 Å². The third kappa shape index (κ3) is 3.63. The SMILES string of the molecule is CCOC(=O)Cc1cc(OC)nc(Br)c1C(F)F. The van der Waals surface area contributed by atoms with Gasteiger partial charge in [0.15, 0.2) is 0 Å². The summed E-state index contributed by atoms with van der Waals surface area (Å²) in [6.45, 7) is 1.85. The molecule has 0 saturated carbocycles. The molecule has 7 heteroatoms. The molecule has 0 fully saturated rings. The number of hydrogen-bond donors (Lipinski definition) is 0. The van der Waals surface area contributed by atoms with Crippen molar-refractivity contribution in [1.29, 1.82) is 0 Å². The molecule has 0 radical (unpaired) electrons. The molecule has 0 atom stereocenters. The van der Waals surface area contributed by atoms with E-state index in [4.69, 9.17) is 9.47 Å². The van der Waals surface area contributed by atoms with Gasteiger partial charge in [-0.1, -0.05) is 0 Å². The molecule has 0 bridgehead atoms. The zero-order chi connectivity index (χ0) is 13.7. The number of carbonyl (C=O) groups excluding carboxylic acids is 1. The molecule has 0 amide bonds.